The molecule has 0 aliphatic heterocycles. The van der Waals surface area contributed by atoms with Crippen molar-refractivity contribution in [2.75, 3.05) is 27.3 Å². The molecule has 2 aromatic rings. The molecule has 0 heterocycles. The molecule has 0 aromatic heterocycles. The van der Waals surface area contributed by atoms with Crippen molar-refractivity contribution in [3.05, 3.63) is 53.1 Å². The lowest BCUT2D eigenvalue weighted by Gasteiger charge is -2.52. The fourth-order valence-corrected chi connectivity index (χ4v) is 7.04. The van der Waals surface area contributed by atoms with E-state index in [1.807, 2.05) is 24.3 Å². The number of nitrogens with one attached hydrogen (secondary N) is 1. The van der Waals surface area contributed by atoms with Crippen molar-refractivity contribution < 1.29 is 38.6 Å². The second kappa shape index (κ2) is 10.6. The molecule has 5 rings (SSSR count). The summed E-state index contributed by atoms with van der Waals surface area (Å²) in [6.07, 6.45) is 0.161. The van der Waals surface area contributed by atoms with Gasteiger partial charge in [-0.3, -0.25) is 28.9 Å². The van der Waals surface area contributed by atoms with Gasteiger partial charge in [-0.1, -0.05) is 30.3 Å². The smallest absolute Gasteiger partial charge is 0.235 e. The van der Waals surface area contributed by atoms with Crippen LogP contribution in [0.25, 0.3) is 11.1 Å². The number of nitrogens with zero attached hydrogens (tertiary/aromatic N) is 1. The van der Waals surface area contributed by atoms with E-state index in [0.29, 0.717) is 17.7 Å². The lowest BCUT2D eigenvalue weighted by molar-refractivity contribution is -0.181. The van der Waals surface area contributed by atoms with Crippen LogP contribution in [0.5, 0.6) is 5.75 Å². The average Bonchev–Trinajstić information content (AvgIpc) is 2.90. The molecule has 3 aliphatic carbocycles. The van der Waals surface area contributed by atoms with Gasteiger partial charge in [0.05, 0.1) is 17.5 Å². The highest BCUT2D eigenvalue weighted by atomic mass is 19.1. The third-order valence-corrected chi connectivity index (χ3v) is 8.78. The Labute approximate surface area is 235 Å². The predicted molar refractivity (Wildman–Crippen MR) is 144 cm³/mol. The van der Waals surface area contributed by atoms with E-state index in [4.69, 9.17) is 5.73 Å². The number of carbonyl (C=O) groups excluding carboxylic acids is 5. The van der Waals surface area contributed by atoms with E-state index in [0.717, 1.165) is 11.1 Å². The van der Waals surface area contributed by atoms with E-state index in [9.17, 15) is 38.6 Å². The van der Waals surface area contributed by atoms with Gasteiger partial charge < -0.3 is 21.3 Å². The summed E-state index contributed by atoms with van der Waals surface area (Å²) in [4.78, 5) is 67.7. The Kier molecular flexibility index (Phi) is 7.39. The summed E-state index contributed by atoms with van der Waals surface area (Å²) in [5.74, 6) is -10.8. The van der Waals surface area contributed by atoms with Crippen molar-refractivity contribution >= 4 is 29.0 Å². The van der Waals surface area contributed by atoms with Crippen LogP contribution in [-0.4, -0.2) is 83.1 Å². The highest BCUT2D eigenvalue weighted by Crippen LogP contribution is 2.51. The minimum Gasteiger partial charge on any atom is -0.507 e. The van der Waals surface area contributed by atoms with Gasteiger partial charge in [-0.25, -0.2) is 4.39 Å². The van der Waals surface area contributed by atoms with Crippen LogP contribution >= 0.6 is 0 Å². The molecule has 0 spiro atoms. The summed E-state index contributed by atoms with van der Waals surface area (Å²) >= 11 is 0. The molecule has 2 aromatic carbocycles. The lowest BCUT2D eigenvalue weighted by Crippen LogP contribution is -2.74. The number of aromatic hydroxyl groups is 1. The number of aliphatic hydroxyl groups is 1. The molecule has 0 saturated heterocycles. The first kappa shape index (κ1) is 28.7. The molecular weight excluding hydrogens is 533 g/mol. The summed E-state index contributed by atoms with van der Waals surface area (Å²) in [5, 5.41) is 25.7. The molecule has 11 heteroatoms. The Balaban J connectivity index is 1.57. The van der Waals surface area contributed by atoms with E-state index < -0.39 is 71.0 Å². The van der Waals surface area contributed by atoms with Crippen LogP contribution in [0.2, 0.25) is 0 Å². The van der Waals surface area contributed by atoms with Crippen LogP contribution < -0.4 is 11.1 Å². The second-order valence-electron chi connectivity index (χ2n) is 11.3. The van der Waals surface area contributed by atoms with Gasteiger partial charge in [0.2, 0.25) is 5.91 Å². The monoisotopic (exact) mass is 565 g/mol. The first-order valence-electron chi connectivity index (χ1n) is 13.5. The maximum atomic E-state index is 13.9. The Morgan fingerprint density at radius 1 is 1.15 bits per heavy atom. The molecule has 2 saturated carbocycles. The normalized spacial score (nSPS) is 29.2. The fourth-order valence-electron chi connectivity index (χ4n) is 7.04. The summed E-state index contributed by atoms with van der Waals surface area (Å²) in [5.41, 5.74) is 5.29. The molecule has 2 unspecified atom stereocenters. The van der Waals surface area contributed by atoms with Crippen LogP contribution in [0.1, 0.15) is 27.9 Å². The van der Waals surface area contributed by atoms with Crippen molar-refractivity contribution in [1.29, 1.82) is 0 Å². The molecule has 2 fully saturated rings. The number of halogens is 1. The Morgan fingerprint density at radius 2 is 1.85 bits per heavy atom. The maximum Gasteiger partial charge on any atom is 0.235 e. The van der Waals surface area contributed by atoms with Crippen LogP contribution in [0.3, 0.4) is 0 Å². The number of hydrogen-bond acceptors (Lipinski definition) is 9. The Bertz CT molecular complexity index is 1470. The van der Waals surface area contributed by atoms with E-state index in [1.165, 1.54) is 11.0 Å². The van der Waals surface area contributed by atoms with Gasteiger partial charge in [0.25, 0.3) is 0 Å². The number of fused-ring (bicyclic) bond motifs is 3. The number of primary amides is 1. The van der Waals surface area contributed by atoms with Crippen LogP contribution in [0.15, 0.2) is 36.4 Å². The number of phenols is 1. The summed E-state index contributed by atoms with van der Waals surface area (Å²) in [7, 11) is 3.08. The van der Waals surface area contributed by atoms with Crippen LogP contribution in [0, 0.1) is 23.7 Å². The van der Waals surface area contributed by atoms with Gasteiger partial charge in [0.15, 0.2) is 34.7 Å². The number of benzene rings is 2. The third-order valence-electron chi connectivity index (χ3n) is 8.78. The van der Waals surface area contributed by atoms with Gasteiger partial charge in [-0.2, -0.15) is 0 Å². The van der Waals surface area contributed by atoms with E-state index in [1.54, 1.807) is 20.2 Å². The minimum atomic E-state index is -2.75. The van der Waals surface area contributed by atoms with Crippen molar-refractivity contribution in [2.45, 2.75) is 31.0 Å². The Morgan fingerprint density at radius 3 is 2.51 bits per heavy atom. The predicted octanol–water partition coefficient (Wildman–Crippen LogP) is 0.593. The fraction of sp³-hybridized carbons (Fsp3) is 0.433. The summed E-state index contributed by atoms with van der Waals surface area (Å²) in [6, 6.07) is 9.42. The molecule has 6 atom stereocenters. The summed E-state index contributed by atoms with van der Waals surface area (Å²) in [6.45, 7) is 0.0506. The number of phenolic OH excluding ortho intramolecular Hbond substituents is 1. The zero-order chi connectivity index (χ0) is 29.8. The number of alkyl halides is 1. The van der Waals surface area contributed by atoms with Crippen molar-refractivity contribution in [3.63, 3.8) is 0 Å². The van der Waals surface area contributed by atoms with E-state index in [2.05, 4.69) is 5.32 Å². The van der Waals surface area contributed by atoms with Gasteiger partial charge in [-0.05, 0) is 61.2 Å². The molecule has 216 valence electrons. The quantitative estimate of drug-likeness (QED) is 0.278. The number of ketones is 4. The molecule has 3 aliphatic rings. The number of nitrogens with two attached hydrogens (primary N) is 1. The van der Waals surface area contributed by atoms with Crippen molar-refractivity contribution in [1.82, 2.24) is 10.2 Å². The van der Waals surface area contributed by atoms with Gasteiger partial charge in [0, 0.05) is 19.0 Å². The number of rotatable bonds is 7. The molecule has 1 amide bonds. The van der Waals surface area contributed by atoms with E-state index >= 15 is 0 Å². The molecule has 5 N–H and O–H groups in total. The van der Waals surface area contributed by atoms with Crippen LogP contribution in [0.4, 0.5) is 4.39 Å². The Hall–Kier alpha value is -3.80. The average molecular weight is 566 g/mol. The molecule has 0 radical (unpaired) electrons. The van der Waals surface area contributed by atoms with Gasteiger partial charge >= 0.3 is 0 Å². The van der Waals surface area contributed by atoms with Crippen molar-refractivity contribution in [2.24, 2.45) is 29.4 Å². The zero-order valence-electron chi connectivity index (χ0n) is 22.7. The number of hydrogen-bond donors (Lipinski definition) is 4. The third kappa shape index (κ3) is 4.39. The number of likely N-dealkylation sites (N-methyl/N-ethyl adjacent to an activating group) is 1. The number of carbonyl (C=O) groups is 5. The molecular formula is C30H32FN3O7. The minimum absolute atomic E-state index is 0.0153. The van der Waals surface area contributed by atoms with E-state index in [-0.39, 0.29) is 30.7 Å². The van der Waals surface area contributed by atoms with Crippen molar-refractivity contribution in [3.8, 4) is 16.9 Å². The second-order valence-corrected chi connectivity index (χ2v) is 11.3. The standard InChI is InChI=1S/C30H32FN3O7/c1-34(2)24-19-11-17-10-16-9-15(18-6-4-3-5-14(18)13-33-8-7-31)12-20(35)21(16)25(36)22(17)27(38)30(19,41)28(39)23(26(24)37)29(32)40/h3-6,9,12,17,19,22-24,33,35,41H,7-8,10-11,13H2,1-2H3,(H2,32,40)/t17-,19-,22?,23?,24-,30-/m0/s1. The van der Waals surface area contributed by atoms with Gasteiger partial charge in [-0.15, -0.1) is 0 Å². The molecule has 41 heavy (non-hydrogen) atoms. The highest BCUT2D eigenvalue weighted by molar-refractivity contribution is 6.32. The molecule has 0 bridgehead atoms. The first-order chi connectivity index (χ1) is 19.4. The van der Waals surface area contributed by atoms with Gasteiger partial charge in [0.1, 0.15) is 12.4 Å². The lowest BCUT2D eigenvalue weighted by atomic mass is 9.52. The SMILES string of the molecule is CN(C)[C@@H]1C(=O)C(C(N)=O)C(=O)[C@@]2(O)C(=O)C3C(=O)c4c(O)cc(-c5ccccc5CNCCF)cc4C[C@H]3C[C@@H]12. The van der Waals surface area contributed by atoms with Crippen LogP contribution in [-0.2, 0) is 32.1 Å². The first-order valence-corrected chi connectivity index (χ1v) is 13.5. The topological polar surface area (TPSA) is 167 Å². The molecule has 10 nitrogen and oxygen atoms in total. The zero-order valence-corrected chi connectivity index (χ0v) is 22.7. The highest BCUT2D eigenvalue weighted by Gasteiger charge is 2.69. The summed E-state index contributed by atoms with van der Waals surface area (Å²) < 4.78 is 12.6. The number of Topliss-reactive ketones (excluding diaryl/α,β-unsaturated/α-hetero) is 4. The maximum absolute atomic E-state index is 13.9. The largest absolute Gasteiger partial charge is 0.507 e. The number of amides is 1.